The van der Waals surface area contributed by atoms with E-state index in [0.29, 0.717) is 42.4 Å². The summed E-state index contributed by atoms with van der Waals surface area (Å²) in [5, 5.41) is 5.95. The number of esters is 1. The average molecular weight is 384 g/mol. The Morgan fingerprint density at radius 2 is 1.88 bits per heavy atom. The number of carbonyl (C=O) groups is 3. The molecule has 0 atom stereocenters. The lowest BCUT2D eigenvalue weighted by Gasteiger charge is -2.28. The number of methoxy groups -OCH3 is 2. The van der Waals surface area contributed by atoms with Crippen LogP contribution < -0.4 is 10.1 Å². The maximum atomic E-state index is 12.6. The van der Waals surface area contributed by atoms with Gasteiger partial charge in [0.25, 0.3) is 0 Å². The molecule has 3 amide bonds. The highest BCUT2D eigenvalue weighted by molar-refractivity contribution is 6.31. The molecule has 0 aromatic heterocycles. The number of hydrogen-bond donors (Lipinski definition) is 1. The molecule has 26 heavy (non-hydrogen) atoms. The van der Waals surface area contributed by atoms with Gasteiger partial charge in [-0.3, -0.25) is 14.6 Å². The van der Waals surface area contributed by atoms with Gasteiger partial charge in [-0.2, -0.15) is 0 Å². The predicted octanol–water partition coefficient (Wildman–Crippen LogP) is 2.67. The van der Waals surface area contributed by atoms with Gasteiger partial charge >= 0.3 is 12.0 Å². The van der Waals surface area contributed by atoms with Crippen molar-refractivity contribution < 1.29 is 23.9 Å². The number of rotatable bonds is 6. The van der Waals surface area contributed by atoms with E-state index in [4.69, 9.17) is 16.3 Å². The molecule has 1 aliphatic heterocycles. The highest BCUT2D eigenvalue weighted by atomic mass is 35.5. The maximum absolute atomic E-state index is 12.6. The minimum atomic E-state index is -0.440. The van der Waals surface area contributed by atoms with E-state index in [-0.39, 0.29) is 24.7 Å². The van der Waals surface area contributed by atoms with E-state index >= 15 is 0 Å². The van der Waals surface area contributed by atoms with Crippen molar-refractivity contribution in [1.82, 2.24) is 10.0 Å². The van der Waals surface area contributed by atoms with Crippen LogP contribution in [0.1, 0.15) is 25.7 Å². The van der Waals surface area contributed by atoms with E-state index in [1.807, 2.05) is 0 Å². The number of anilines is 1. The third-order valence-corrected chi connectivity index (χ3v) is 4.19. The smallest absolute Gasteiger partial charge is 0.340 e. The summed E-state index contributed by atoms with van der Waals surface area (Å²) in [6, 6.07) is 4.45. The molecular formula is C17H22ClN3O5. The van der Waals surface area contributed by atoms with Crippen molar-refractivity contribution in [1.29, 1.82) is 0 Å². The molecule has 0 radical (unpaired) electrons. The van der Waals surface area contributed by atoms with Gasteiger partial charge in [0.05, 0.1) is 19.9 Å². The quantitative estimate of drug-likeness (QED) is 0.763. The Bertz CT molecular complexity index is 682. The molecule has 142 valence electrons. The van der Waals surface area contributed by atoms with Crippen LogP contribution in [0.3, 0.4) is 0 Å². The minimum Gasteiger partial charge on any atom is -0.495 e. The predicted molar refractivity (Wildman–Crippen MR) is 95.9 cm³/mol. The standard InChI is InChI=1S/C17H22ClN3O5/c1-25-14-8-7-12(18)11-13(14)19-17(24)21-10-4-9-20(21)15(22)5-3-6-16(23)26-2/h7-8,11H,3-6,9-10H2,1-2H3,(H,19,24). The molecule has 0 bridgehead atoms. The number of carbonyl (C=O) groups excluding carboxylic acids is 3. The van der Waals surface area contributed by atoms with Crippen LogP contribution in [0.2, 0.25) is 5.02 Å². The fourth-order valence-electron chi connectivity index (χ4n) is 2.65. The number of hydrazine groups is 1. The Morgan fingerprint density at radius 3 is 2.58 bits per heavy atom. The first kappa shape index (κ1) is 19.8. The molecule has 1 N–H and O–H groups in total. The Hall–Kier alpha value is -2.48. The van der Waals surface area contributed by atoms with Crippen LogP contribution in [0.4, 0.5) is 10.5 Å². The van der Waals surface area contributed by atoms with E-state index < -0.39 is 6.03 Å². The van der Waals surface area contributed by atoms with E-state index in [9.17, 15) is 14.4 Å². The second-order valence-corrected chi connectivity index (χ2v) is 6.13. The molecular weight excluding hydrogens is 362 g/mol. The number of amides is 3. The molecule has 8 nitrogen and oxygen atoms in total. The van der Waals surface area contributed by atoms with Crippen LogP contribution in [0, 0.1) is 0 Å². The van der Waals surface area contributed by atoms with Crippen LogP contribution >= 0.6 is 11.6 Å². The number of nitrogens with one attached hydrogen (secondary N) is 1. The van der Waals surface area contributed by atoms with Crippen molar-refractivity contribution in [2.45, 2.75) is 25.7 Å². The van der Waals surface area contributed by atoms with E-state index in [0.717, 1.165) is 0 Å². The largest absolute Gasteiger partial charge is 0.495 e. The van der Waals surface area contributed by atoms with Crippen molar-refractivity contribution in [2.24, 2.45) is 0 Å². The summed E-state index contributed by atoms with van der Waals surface area (Å²) in [4.78, 5) is 36.1. The van der Waals surface area contributed by atoms with Crippen LogP contribution in [0.15, 0.2) is 18.2 Å². The molecule has 9 heteroatoms. The zero-order valence-corrected chi connectivity index (χ0v) is 15.5. The van der Waals surface area contributed by atoms with E-state index in [2.05, 4.69) is 10.1 Å². The van der Waals surface area contributed by atoms with Crippen molar-refractivity contribution in [3.05, 3.63) is 23.2 Å². The number of benzene rings is 1. The molecule has 0 spiro atoms. The van der Waals surface area contributed by atoms with Crippen LogP contribution in [-0.4, -0.2) is 55.2 Å². The average Bonchev–Trinajstić information content (AvgIpc) is 3.11. The summed E-state index contributed by atoms with van der Waals surface area (Å²) in [5.74, 6) is -0.0978. The fraction of sp³-hybridized carbons (Fsp3) is 0.471. The van der Waals surface area contributed by atoms with Gasteiger partial charge in [0.1, 0.15) is 5.75 Å². The molecule has 1 aliphatic rings. The van der Waals surface area contributed by atoms with Crippen molar-refractivity contribution in [3.8, 4) is 5.75 Å². The summed E-state index contributed by atoms with van der Waals surface area (Å²) in [6.07, 6.45) is 1.39. The van der Waals surface area contributed by atoms with Gasteiger partial charge in [-0.25, -0.2) is 9.80 Å². The SMILES string of the molecule is COC(=O)CCCC(=O)N1CCCN1C(=O)Nc1cc(Cl)ccc1OC. The topological polar surface area (TPSA) is 88.2 Å². The van der Waals surface area contributed by atoms with Gasteiger partial charge in [-0.05, 0) is 31.0 Å². The highest BCUT2D eigenvalue weighted by Crippen LogP contribution is 2.28. The Balaban J connectivity index is 1.98. The summed E-state index contributed by atoms with van der Waals surface area (Å²) >= 11 is 5.97. The monoisotopic (exact) mass is 383 g/mol. The summed E-state index contributed by atoms with van der Waals surface area (Å²) in [7, 11) is 2.80. The lowest BCUT2D eigenvalue weighted by molar-refractivity contribution is -0.142. The highest BCUT2D eigenvalue weighted by Gasteiger charge is 2.30. The Labute approximate surface area is 156 Å². The second-order valence-electron chi connectivity index (χ2n) is 5.70. The molecule has 2 rings (SSSR count). The van der Waals surface area contributed by atoms with Gasteiger partial charge < -0.3 is 14.8 Å². The summed E-state index contributed by atoms with van der Waals surface area (Å²) < 4.78 is 9.76. The fourth-order valence-corrected chi connectivity index (χ4v) is 2.83. The zero-order valence-electron chi connectivity index (χ0n) is 14.8. The van der Waals surface area contributed by atoms with Gasteiger partial charge in [0, 0.05) is 31.0 Å². The van der Waals surface area contributed by atoms with Gasteiger partial charge in [0.2, 0.25) is 5.91 Å². The number of ether oxygens (including phenoxy) is 2. The molecule has 1 saturated heterocycles. The van der Waals surface area contributed by atoms with Crippen molar-refractivity contribution >= 4 is 35.2 Å². The van der Waals surface area contributed by atoms with Gasteiger partial charge in [-0.1, -0.05) is 11.6 Å². The second kappa shape index (κ2) is 9.28. The number of halogens is 1. The molecule has 1 heterocycles. The molecule has 0 aliphatic carbocycles. The number of hydrogen-bond acceptors (Lipinski definition) is 5. The van der Waals surface area contributed by atoms with Crippen molar-refractivity contribution in [2.75, 3.05) is 32.6 Å². The van der Waals surface area contributed by atoms with E-state index in [1.165, 1.54) is 24.2 Å². The van der Waals surface area contributed by atoms with Gasteiger partial charge in [0.15, 0.2) is 0 Å². The van der Waals surface area contributed by atoms with Crippen molar-refractivity contribution in [3.63, 3.8) is 0 Å². The first-order valence-electron chi connectivity index (χ1n) is 8.25. The van der Waals surface area contributed by atoms with Gasteiger partial charge in [-0.15, -0.1) is 0 Å². The van der Waals surface area contributed by atoms with Crippen LogP contribution in [0.25, 0.3) is 0 Å². The van der Waals surface area contributed by atoms with Crippen LogP contribution in [-0.2, 0) is 14.3 Å². The lowest BCUT2D eigenvalue weighted by atomic mass is 10.2. The third kappa shape index (κ3) is 5.01. The molecule has 1 aromatic carbocycles. The molecule has 0 saturated carbocycles. The number of urea groups is 1. The van der Waals surface area contributed by atoms with Crippen LogP contribution in [0.5, 0.6) is 5.75 Å². The first-order chi connectivity index (χ1) is 12.5. The first-order valence-corrected chi connectivity index (χ1v) is 8.63. The minimum absolute atomic E-state index is 0.166. The number of nitrogens with zero attached hydrogens (tertiary/aromatic N) is 2. The molecule has 1 aromatic rings. The summed E-state index contributed by atoms with van der Waals surface area (Å²) in [6.45, 7) is 0.884. The Morgan fingerprint density at radius 1 is 1.15 bits per heavy atom. The summed E-state index contributed by atoms with van der Waals surface area (Å²) in [5.41, 5.74) is 0.426. The third-order valence-electron chi connectivity index (χ3n) is 3.96. The Kier molecular flexibility index (Phi) is 7.08. The van der Waals surface area contributed by atoms with E-state index in [1.54, 1.807) is 18.2 Å². The zero-order chi connectivity index (χ0) is 19.1. The normalized spacial score (nSPS) is 13.5. The molecule has 1 fully saturated rings. The lowest BCUT2D eigenvalue weighted by Crippen LogP contribution is -2.46. The molecule has 0 unspecified atom stereocenters. The maximum Gasteiger partial charge on any atom is 0.340 e.